The Labute approximate surface area is 104 Å². The summed E-state index contributed by atoms with van der Waals surface area (Å²) in [6.07, 6.45) is 0. The lowest BCUT2D eigenvalue weighted by atomic mass is 10.2. The Hall–Kier alpha value is -2.44. The van der Waals surface area contributed by atoms with Gasteiger partial charge in [-0.1, -0.05) is 0 Å². The third-order valence-corrected chi connectivity index (χ3v) is 2.22. The molecule has 98 valence electrons. The number of nitrogens with two attached hydrogens (primary N) is 1. The smallest absolute Gasteiger partial charge is 0.330 e. The Balaban J connectivity index is 3.00. The van der Waals surface area contributed by atoms with Crippen LogP contribution in [-0.2, 0) is 4.79 Å². The number of nitrogens with zero attached hydrogens (tertiary/aromatic N) is 1. The second-order valence-corrected chi connectivity index (χ2v) is 3.59. The Morgan fingerprint density at radius 1 is 1.50 bits per heavy atom. The number of carboxylic acids is 1. The van der Waals surface area contributed by atoms with E-state index in [1.807, 2.05) is 0 Å². The molecule has 2 amide bonds. The molecule has 0 aliphatic rings. The lowest BCUT2D eigenvalue weighted by molar-refractivity contribution is -0.303. The van der Waals surface area contributed by atoms with Gasteiger partial charge in [0.1, 0.15) is 5.75 Å². The van der Waals surface area contributed by atoms with E-state index in [4.69, 9.17) is 10.5 Å². The molecule has 0 saturated carbocycles. The van der Waals surface area contributed by atoms with Crippen LogP contribution in [0.15, 0.2) is 18.2 Å². The molecule has 0 radical (unpaired) electrons. The summed E-state index contributed by atoms with van der Waals surface area (Å²) < 4.78 is 5.08. The van der Waals surface area contributed by atoms with Gasteiger partial charge in [-0.25, -0.2) is 10.2 Å². The van der Waals surface area contributed by atoms with Crippen LogP contribution >= 0.6 is 0 Å². The number of hydrogen-bond donors (Lipinski definition) is 2. The highest BCUT2D eigenvalue weighted by atomic mass is 16.5. The SMILES string of the molecule is COc1ccc(N(CC(=O)[O-])NC(N)=O)cc1C. The highest BCUT2D eigenvalue weighted by Crippen LogP contribution is 2.23. The minimum absolute atomic E-state index is 0.469. The molecule has 0 aliphatic heterocycles. The number of hydrazine groups is 1. The standard InChI is InChI=1S/C11H15N3O4/c1-7-5-8(3-4-9(7)18-2)14(6-10(15)16)13-11(12)17/h3-5H,6H2,1-2H3,(H,15,16)(H3,12,13,17)/p-1. The maximum atomic E-state index is 10.8. The van der Waals surface area contributed by atoms with Crippen LogP contribution in [0.5, 0.6) is 5.75 Å². The van der Waals surface area contributed by atoms with Gasteiger partial charge in [-0.2, -0.15) is 0 Å². The van der Waals surface area contributed by atoms with Gasteiger partial charge in [0, 0.05) is 0 Å². The summed E-state index contributed by atoms with van der Waals surface area (Å²) in [5, 5.41) is 11.7. The summed E-state index contributed by atoms with van der Waals surface area (Å²) in [5.74, 6) is -0.677. The molecule has 18 heavy (non-hydrogen) atoms. The summed E-state index contributed by atoms with van der Waals surface area (Å²) >= 11 is 0. The number of primary amides is 1. The highest BCUT2D eigenvalue weighted by molar-refractivity contribution is 5.78. The zero-order chi connectivity index (χ0) is 13.7. The van der Waals surface area contributed by atoms with Gasteiger partial charge in [-0.3, -0.25) is 5.01 Å². The number of aliphatic carboxylic acids is 1. The van der Waals surface area contributed by atoms with Gasteiger partial charge in [-0.05, 0) is 30.7 Å². The normalized spacial score (nSPS) is 9.67. The molecule has 0 heterocycles. The predicted octanol–water partition coefficient (Wildman–Crippen LogP) is -0.857. The molecule has 3 N–H and O–H groups in total. The van der Waals surface area contributed by atoms with E-state index in [1.165, 1.54) is 7.11 Å². The second-order valence-electron chi connectivity index (χ2n) is 3.59. The first kappa shape index (κ1) is 13.6. The van der Waals surface area contributed by atoms with Crippen molar-refractivity contribution in [3.05, 3.63) is 23.8 Å². The predicted molar refractivity (Wildman–Crippen MR) is 62.8 cm³/mol. The van der Waals surface area contributed by atoms with Crippen molar-refractivity contribution in [1.82, 2.24) is 5.43 Å². The van der Waals surface area contributed by atoms with Gasteiger partial charge in [-0.15, -0.1) is 0 Å². The number of amides is 2. The number of urea groups is 1. The number of nitrogens with one attached hydrogen (secondary N) is 1. The number of carbonyl (C=O) groups is 2. The monoisotopic (exact) mass is 252 g/mol. The van der Waals surface area contributed by atoms with Gasteiger partial charge in [0.05, 0.1) is 25.3 Å². The molecule has 7 heteroatoms. The van der Waals surface area contributed by atoms with Crippen molar-refractivity contribution in [3.8, 4) is 5.75 Å². The fourth-order valence-corrected chi connectivity index (χ4v) is 1.49. The van der Waals surface area contributed by atoms with Crippen molar-refractivity contribution >= 4 is 17.7 Å². The Kier molecular flexibility index (Phi) is 4.36. The van der Waals surface area contributed by atoms with Crippen LogP contribution in [0.2, 0.25) is 0 Å². The fourth-order valence-electron chi connectivity index (χ4n) is 1.49. The average Bonchev–Trinajstić information content (AvgIpc) is 2.26. The second kappa shape index (κ2) is 5.76. The molecule has 0 unspecified atom stereocenters. The highest BCUT2D eigenvalue weighted by Gasteiger charge is 2.10. The Morgan fingerprint density at radius 2 is 2.17 bits per heavy atom. The summed E-state index contributed by atoms with van der Waals surface area (Å²) in [6, 6.07) is 4.07. The Morgan fingerprint density at radius 3 is 2.61 bits per heavy atom. The van der Waals surface area contributed by atoms with E-state index in [9.17, 15) is 14.7 Å². The fraction of sp³-hybridized carbons (Fsp3) is 0.273. The molecular weight excluding hydrogens is 238 g/mol. The molecule has 0 aliphatic carbocycles. The summed E-state index contributed by atoms with van der Waals surface area (Å²) in [5.41, 5.74) is 8.44. The number of carbonyl (C=O) groups excluding carboxylic acids is 2. The lowest BCUT2D eigenvalue weighted by Crippen LogP contribution is -2.50. The number of carboxylic acid groups (broad SMARTS) is 1. The van der Waals surface area contributed by atoms with Crippen LogP contribution in [0, 0.1) is 6.92 Å². The summed E-state index contributed by atoms with van der Waals surface area (Å²) in [4.78, 5) is 21.4. The zero-order valence-corrected chi connectivity index (χ0v) is 10.1. The maximum absolute atomic E-state index is 10.8. The van der Waals surface area contributed by atoms with E-state index >= 15 is 0 Å². The van der Waals surface area contributed by atoms with Crippen molar-refractivity contribution < 1.29 is 19.4 Å². The third-order valence-electron chi connectivity index (χ3n) is 2.22. The van der Waals surface area contributed by atoms with E-state index in [1.54, 1.807) is 25.1 Å². The molecule has 0 saturated heterocycles. The molecule has 1 aromatic carbocycles. The van der Waals surface area contributed by atoms with Gasteiger partial charge >= 0.3 is 6.03 Å². The first-order valence-corrected chi connectivity index (χ1v) is 5.12. The number of methoxy groups -OCH3 is 1. The van der Waals surface area contributed by atoms with Crippen molar-refractivity contribution in [3.63, 3.8) is 0 Å². The molecule has 0 spiro atoms. The molecule has 7 nitrogen and oxygen atoms in total. The number of benzene rings is 1. The van der Waals surface area contributed by atoms with Crippen molar-refractivity contribution in [2.24, 2.45) is 5.73 Å². The van der Waals surface area contributed by atoms with E-state index in [-0.39, 0.29) is 0 Å². The van der Waals surface area contributed by atoms with Crippen LogP contribution in [0.3, 0.4) is 0 Å². The topological polar surface area (TPSA) is 108 Å². The van der Waals surface area contributed by atoms with Crippen molar-refractivity contribution in [2.45, 2.75) is 6.92 Å². The number of ether oxygens (including phenoxy) is 1. The molecule has 1 aromatic rings. The molecule has 0 atom stereocenters. The van der Waals surface area contributed by atoms with Crippen LogP contribution in [-0.4, -0.2) is 25.7 Å². The van der Waals surface area contributed by atoms with E-state index in [0.717, 1.165) is 10.6 Å². The molecule has 1 rings (SSSR count). The third kappa shape index (κ3) is 3.55. The van der Waals surface area contributed by atoms with Crippen LogP contribution in [0.1, 0.15) is 5.56 Å². The van der Waals surface area contributed by atoms with Crippen molar-refractivity contribution in [1.29, 1.82) is 0 Å². The average molecular weight is 252 g/mol. The molecule has 0 bridgehead atoms. The van der Waals surface area contributed by atoms with Crippen LogP contribution in [0.4, 0.5) is 10.5 Å². The Bertz CT molecular complexity index is 446. The van der Waals surface area contributed by atoms with E-state index in [0.29, 0.717) is 11.4 Å². The number of rotatable bonds is 5. The van der Waals surface area contributed by atoms with Crippen molar-refractivity contribution in [2.75, 3.05) is 18.7 Å². The van der Waals surface area contributed by atoms with Gasteiger partial charge in [0.25, 0.3) is 0 Å². The quantitative estimate of drug-likeness (QED) is 0.663. The summed E-state index contributed by atoms with van der Waals surface area (Å²) in [6.45, 7) is 1.29. The molecular formula is C11H14N3O4-. The van der Waals surface area contributed by atoms with Gasteiger partial charge in [0.2, 0.25) is 0 Å². The largest absolute Gasteiger partial charge is 0.548 e. The lowest BCUT2D eigenvalue weighted by Gasteiger charge is -2.25. The van der Waals surface area contributed by atoms with E-state index in [2.05, 4.69) is 5.43 Å². The number of aryl methyl sites for hydroxylation is 1. The number of anilines is 1. The molecule has 0 fully saturated rings. The van der Waals surface area contributed by atoms with E-state index < -0.39 is 18.5 Å². The first-order valence-electron chi connectivity index (χ1n) is 5.12. The zero-order valence-electron chi connectivity index (χ0n) is 10.1. The maximum Gasteiger partial charge on any atom is 0.330 e. The molecule has 0 aromatic heterocycles. The van der Waals surface area contributed by atoms with Gasteiger partial charge in [0.15, 0.2) is 0 Å². The van der Waals surface area contributed by atoms with Gasteiger partial charge < -0.3 is 20.4 Å². The van der Waals surface area contributed by atoms with Crippen LogP contribution in [0.25, 0.3) is 0 Å². The van der Waals surface area contributed by atoms with Crippen LogP contribution < -0.4 is 26.0 Å². The minimum atomic E-state index is -1.34. The summed E-state index contributed by atoms with van der Waals surface area (Å²) in [7, 11) is 1.53. The first-order chi connectivity index (χ1) is 8.43. The number of hydrogen-bond acceptors (Lipinski definition) is 5. The minimum Gasteiger partial charge on any atom is -0.548 e.